The molecule has 1 amide bonds. The second-order valence-corrected chi connectivity index (χ2v) is 6.35. The Morgan fingerprint density at radius 2 is 2.27 bits per heavy atom. The number of carbonyl (C=O) groups is 1. The van der Waals surface area contributed by atoms with Crippen LogP contribution in [0.3, 0.4) is 0 Å². The minimum absolute atomic E-state index is 0.0770. The zero-order chi connectivity index (χ0) is 15.2. The third kappa shape index (κ3) is 2.47. The molecule has 1 saturated carbocycles. The van der Waals surface area contributed by atoms with Crippen molar-refractivity contribution in [3.63, 3.8) is 0 Å². The van der Waals surface area contributed by atoms with E-state index in [0.717, 1.165) is 12.8 Å². The van der Waals surface area contributed by atoms with Gasteiger partial charge in [0.25, 0.3) is 5.91 Å². The largest absolute Gasteiger partial charge is 0.380 e. The molecule has 9 nitrogen and oxygen atoms in total. The van der Waals surface area contributed by atoms with Crippen LogP contribution in [0.1, 0.15) is 36.3 Å². The highest BCUT2D eigenvalue weighted by Crippen LogP contribution is 2.36. The second-order valence-electron chi connectivity index (χ2n) is 6.35. The number of hydrogen-bond acceptors (Lipinski definition) is 6. The van der Waals surface area contributed by atoms with E-state index in [4.69, 9.17) is 4.74 Å². The maximum Gasteiger partial charge on any atom is 0.280 e. The minimum Gasteiger partial charge on any atom is -0.380 e. The van der Waals surface area contributed by atoms with Crippen LogP contribution in [0, 0.1) is 5.41 Å². The molecule has 9 heteroatoms. The van der Waals surface area contributed by atoms with Crippen LogP contribution in [0.4, 0.5) is 5.95 Å². The number of rotatable bonds is 5. The van der Waals surface area contributed by atoms with Crippen LogP contribution in [0.25, 0.3) is 0 Å². The van der Waals surface area contributed by atoms with Crippen LogP contribution in [-0.2, 0) is 11.3 Å². The number of nitrogens with zero attached hydrogens (tertiary/aromatic N) is 6. The van der Waals surface area contributed by atoms with Crippen LogP contribution < -0.4 is 5.32 Å². The maximum absolute atomic E-state index is 12.2. The van der Waals surface area contributed by atoms with Crippen LogP contribution in [0.15, 0.2) is 12.5 Å². The molecule has 1 saturated heterocycles. The highest BCUT2D eigenvalue weighted by atomic mass is 16.5. The molecule has 2 aliphatic rings. The van der Waals surface area contributed by atoms with Crippen molar-refractivity contribution in [3.05, 3.63) is 18.2 Å². The zero-order valence-electron chi connectivity index (χ0n) is 12.3. The van der Waals surface area contributed by atoms with E-state index in [1.54, 1.807) is 17.2 Å². The van der Waals surface area contributed by atoms with Gasteiger partial charge < -0.3 is 4.74 Å². The Bertz CT molecular complexity index is 699. The van der Waals surface area contributed by atoms with Gasteiger partial charge in [-0.25, -0.2) is 0 Å². The van der Waals surface area contributed by atoms with Gasteiger partial charge in [0.15, 0.2) is 5.69 Å². The molecule has 0 unspecified atom stereocenters. The summed E-state index contributed by atoms with van der Waals surface area (Å²) in [5, 5.41) is 18.5. The van der Waals surface area contributed by atoms with E-state index in [2.05, 4.69) is 32.7 Å². The van der Waals surface area contributed by atoms with Gasteiger partial charge >= 0.3 is 0 Å². The van der Waals surface area contributed by atoms with Crippen molar-refractivity contribution in [3.8, 4) is 0 Å². The van der Waals surface area contributed by atoms with Crippen molar-refractivity contribution < 1.29 is 9.53 Å². The number of hydrogen-bond donors (Lipinski definition) is 1. The van der Waals surface area contributed by atoms with E-state index in [1.165, 1.54) is 0 Å². The molecule has 3 heterocycles. The Labute approximate surface area is 126 Å². The van der Waals surface area contributed by atoms with Gasteiger partial charge in [0, 0.05) is 11.5 Å². The van der Waals surface area contributed by atoms with Gasteiger partial charge in [-0.15, -0.1) is 15.3 Å². The SMILES string of the molecule is CC1(Cn2cc(C(=O)Nc3nncn3C3CC3)nn2)COC1. The fourth-order valence-electron chi connectivity index (χ4n) is 2.53. The molecular weight excluding hydrogens is 286 g/mol. The lowest BCUT2D eigenvalue weighted by molar-refractivity contribution is -0.111. The maximum atomic E-state index is 12.2. The van der Waals surface area contributed by atoms with E-state index in [-0.39, 0.29) is 17.0 Å². The second kappa shape index (κ2) is 4.87. The van der Waals surface area contributed by atoms with Gasteiger partial charge in [0.2, 0.25) is 5.95 Å². The highest BCUT2D eigenvalue weighted by Gasteiger charge is 2.34. The molecule has 116 valence electrons. The molecule has 0 radical (unpaired) electrons. The van der Waals surface area contributed by atoms with Gasteiger partial charge in [-0.2, -0.15) is 0 Å². The summed E-state index contributed by atoms with van der Waals surface area (Å²) in [4.78, 5) is 12.2. The van der Waals surface area contributed by atoms with E-state index in [9.17, 15) is 4.79 Å². The van der Waals surface area contributed by atoms with E-state index in [0.29, 0.717) is 31.7 Å². The summed E-state index contributed by atoms with van der Waals surface area (Å²) in [7, 11) is 0. The molecule has 2 fully saturated rings. The lowest BCUT2D eigenvalue weighted by Crippen LogP contribution is -2.43. The Balaban J connectivity index is 1.44. The molecule has 2 aromatic rings. The fraction of sp³-hybridized carbons (Fsp3) is 0.615. The van der Waals surface area contributed by atoms with Crippen LogP contribution in [0.2, 0.25) is 0 Å². The summed E-state index contributed by atoms with van der Waals surface area (Å²) < 4.78 is 8.78. The summed E-state index contributed by atoms with van der Waals surface area (Å²) in [5.74, 6) is 0.137. The Morgan fingerprint density at radius 3 is 2.95 bits per heavy atom. The average Bonchev–Trinajstić information content (AvgIpc) is 3.02. The lowest BCUT2D eigenvalue weighted by Gasteiger charge is -2.37. The van der Waals surface area contributed by atoms with Gasteiger partial charge in [-0.05, 0) is 12.8 Å². The minimum atomic E-state index is -0.323. The van der Waals surface area contributed by atoms with Crippen molar-refractivity contribution in [1.29, 1.82) is 0 Å². The number of aromatic nitrogens is 6. The first kappa shape index (κ1) is 13.4. The Hall–Kier alpha value is -2.29. The van der Waals surface area contributed by atoms with Crippen molar-refractivity contribution in [2.75, 3.05) is 18.5 Å². The third-order valence-electron chi connectivity index (χ3n) is 3.95. The Kier molecular flexibility index (Phi) is 2.96. The predicted molar refractivity (Wildman–Crippen MR) is 75.2 cm³/mol. The Morgan fingerprint density at radius 1 is 1.45 bits per heavy atom. The molecule has 1 aliphatic carbocycles. The lowest BCUT2D eigenvalue weighted by atomic mass is 9.89. The molecular formula is C13H17N7O2. The summed E-state index contributed by atoms with van der Waals surface area (Å²) >= 11 is 0. The van der Waals surface area contributed by atoms with Gasteiger partial charge in [-0.1, -0.05) is 12.1 Å². The van der Waals surface area contributed by atoms with Crippen LogP contribution in [0.5, 0.6) is 0 Å². The first-order valence-electron chi connectivity index (χ1n) is 7.32. The monoisotopic (exact) mass is 303 g/mol. The van der Waals surface area contributed by atoms with Crippen molar-refractivity contribution >= 4 is 11.9 Å². The van der Waals surface area contributed by atoms with Gasteiger partial charge in [0.05, 0.1) is 26.0 Å². The molecule has 2 aromatic heterocycles. The molecule has 0 spiro atoms. The fourth-order valence-corrected chi connectivity index (χ4v) is 2.53. The predicted octanol–water partition coefficient (Wildman–Crippen LogP) is 0.493. The first-order valence-corrected chi connectivity index (χ1v) is 7.32. The number of amides is 1. The molecule has 0 atom stereocenters. The molecule has 22 heavy (non-hydrogen) atoms. The molecule has 1 aliphatic heterocycles. The highest BCUT2D eigenvalue weighted by molar-refractivity contribution is 6.01. The van der Waals surface area contributed by atoms with E-state index < -0.39 is 0 Å². The van der Waals surface area contributed by atoms with Crippen LogP contribution >= 0.6 is 0 Å². The normalized spacial score (nSPS) is 19.7. The first-order chi connectivity index (χ1) is 10.6. The van der Waals surface area contributed by atoms with Crippen molar-refractivity contribution in [1.82, 2.24) is 29.8 Å². The average molecular weight is 303 g/mol. The summed E-state index contributed by atoms with van der Waals surface area (Å²) in [5.41, 5.74) is 0.349. The smallest absolute Gasteiger partial charge is 0.280 e. The summed E-state index contributed by atoms with van der Waals surface area (Å²) in [6.45, 7) is 4.22. The molecule has 0 bridgehead atoms. The summed E-state index contributed by atoms with van der Waals surface area (Å²) in [6.07, 6.45) is 5.48. The van der Waals surface area contributed by atoms with Crippen LogP contribution in [-0.4, -0.2) is 48.9 Å². The van der Waals surface area contributed by atoms with Crippen molar-refractivity contribution in [2.45, 2.75) is 32.4 Å². The topological polar surface area (TPSA) is 99.8 Å². The van der Waals surface area contributed by atoms with Gasteiger partial charge in [0.1, 0.15) is 6.33 Å². The van der Waals surface area contributed by atoms with Gasteiger partial charge in [-0.3, -0.25) is 19.4 Å². The summed E-state index contributed by atoms with van der Waals surface area (Å²) in [6, 6.07) is 0.402. The third-order valence-corrected chi connectivity index (χ3v) is 3.95. The van der Waals surface area contributed by atoms with E-state index in [1.807, 2.05) is 4.57 Å². The number of nitrogens with one attached hydrogen (secondary N) is 1. The molecule has 0 aromatic carbocycles. The zero-order valence-corrected chi connectivity index (χ0v) is 12.3. The number of ether oxygens (including phenoxy) is 1. The molecule has 1 N–H and O–H groups in total. The van der Waals surface area contributed by atoms with E-state index >= 15 is 0 Å². The molecule has 4 rings (SSSR count). The number of anilines is 1. The standard InChI is InChI=1S/C13H17N7O2/c1-13(6-22-7-13)5-19-4-10(16-18-19)11(21)15-12-17-14-8-20(12)9-2-3-9/h4,8-9H,2-3,5-7H2,1H3,(H,15,17,21). The number of carbonyl (C=O) groups excluding carboxylic acids is 1. The quantitative estimate of drug-likeness (QED) is 0.863. The van der Waals surface area contributed by atoms with Crippen molar-refractivity contribution in [2.24, 2.45) is 5.41 Å².